The van der Waals surface area contributed by atoms with Crippen molar-refractivity contribution in [1.82, 2.24) is 4.90 Å². The molecule has 0 unspecified atom stereocenters. The summed E-state index contributed by atoms with van der Waals surface area (Å²) < 4.78 is 0. The third-order valence-electron chi connectivity index (χ3n) is 5.32. The lowest BCUT2D eigenvalue weighted by Gasteiger charge is -2.42. The largest absolute Gasteiger partial charge is 0.396 e. The zero-order valence-corrected chi connectivity index (χ0v) is 15.2. The number of hydrogen-bond acceptors (Lipinski definition) is 2. The molecule has 132 valence electrons. The average molecular weight is 337 g/mol. The molecule has 0 aliphatic carbocycles. The molecule has 0 spiro atoms. The van der Waals surface area contributed by atoms with E-state index in [1.165, 1.54) is 11.1 Å². The smallest absolute Gasteiger partial charge is 0.254 e. The number of aryl methyl sites for hydroxylation is 2. The van der Waals surface area contributed by atoms with Gasteiger partial charge in [-0.15, -0.1) is 0 Å². The Balaban J connectivity index is 1.80. The van der Waals surface area contributed by atoms with Gasteiger partial charge in [0.25, 0.3) is 5.91 Å². The molecule has 1 amide bonds. The standard InChI is InChI=1S/C22H27NO2/c1-17-9-10-20(18(2)13-17)21(25)23-12-6-11-22(15-23,16-24)14-19-7-4-3-5-8-19/h3-5,7-10,13,24H,6,11-12,14-16H2,1-2H3/t22-/m1/s1. The van der Waals surface area contributed by atoms with Gasteiger partial charge in [0.2, 0.25) is 0 Å². The van der Waals surface area contributed by atoms with Gasteiger partial charge >= 0.3 is 0 Å². The van der Waals surface area contributed by atoms with Crippen LogP contribution in [-0.4, -0.2) is 35.6 Å². The number of likely N-dealkylation sites (tertiary alicyclic amines) is 1. The number of piperidine rings is 1. The molecule has 0 saturated carbocycles. The van der Waals surface area contributed by atoms with E-state index in [-0.39, 0.29) is 17.9 Å². The van der Waals surface area contributed by atoms with E-state index in [9.17, 15) is 9.90 Å². The molecule has 1 fully saturated rings. The highest BCUT2D eigenvalue weighted by Crippen LogP contribution is 2.34. The molecule has 25 heavy (non-hydrogen) atoms. The normalized spacial score (nSPS) is 20.5. The van der Waals surface area contributed by atoms with Crippen LogP contribution in [0.25, 0.3) is 0 Å². The van der Waals surface area contributed by atoms with Crippen LogP contribution in [0.1, 0.15) is 39.9 Å². The lowest BCUT2D eigenvalue weighted by molar-refractivity contribution is 0.0271. The molecule has 3 heteroatoms. The van der Waals surface area contributed by atoms with Gasteiger partial charge in [0.15, 0.2) is 0 Å². The van der Waals surface area contributed by atoms with Crippen LogP contribution in [0.3, 0.4) is 0 Å². The van der Waals surface area contributed by atoms with Crippen LogP contribution in [0.15, 0.2) is 48.5 Å². The lowest BCUT2D eigenvalue weighted by Crippen LogP contribution is -2.49. The van der Waals surface area contributed by atoms with Crippen molar-refractivity contribution in [3.8, 4) is 0 Å². The number of rotatable bonds is 4. The maximum Gasteiger partial charge on any atom is 0.254 e. The summed E-state index contributed by atoms with van der Waals surface area (Å²) in [5.41, 5.74) is 3.94. The van der Waals surface area contributed by atoms with E-state index in [1.54, 1.807) is 0 Å². The molecule has 1 aliphatic rings. The van der Waals surface area contributed by atoms with Crippen molar-refractivity contribution in [1.29, 1.82) is 0 Å². The van der Waals surface area contributed by atoms with Gasteiger partial charge in [-0.2, -0.15) is 0 Å². The number of aliphatic hydroxyl groups is 1. The number of benzene rings is 2. The Kier molecular flexibility index (Phi) is 5.24. The summed E-state index contributed by atoms with van der Waals surface area (Å²) in [6, 6.07) is 16.2. The minimum Gasteiger partial charge on any atom is -0.396 e. The highest BCUT2D eigenvalue weighted by molar-refractivity contribution is 5.95. The van der Waals surface area contributed by atoms with Crippen LogP contribution in [0.4, 0.5) is 0 Å². The number of carbonyl (C=O) groups is 1. The van der Waals surface area contributed by atoms with Crippen LogP contribution < -0.4 is 0 Å². The van der Waals surface area contributed by atoms with Crippen molar-refractivity contribution in [3.05, 3.63) is 70.8 Å². The minimum absolute atomic E-state index is 0.0862. The number of amides is 1. The first-order valence-corrected chi connectivity index (χ1v) is 9.04. The van der Waals surface area contributed by atoms with Gasteiger partial charge in [-0.1, -0.05) is 48.0 Å². The molecule has 1 heterocycles. The average Bonchev–Trinajstić information content (AvgIpc) is 2.62. The highest BCUT2D eigenvalue weighted by Gasteiger charge is 2.37. The summed E-state index contributed by atoms with van der Waals surface area (Å²) >= 11 is 0. The summed E-state index contributed by atoms with van der Waals surface area (Å²) in [6.07, 6.45) is 2.69. The molecule has 3 nitrogen and oxygen atoms in total. The molecule has 0 bridgehead atoms. The Labute approximate surface area is 150 Å². The maximum absolute atomic E-state index is 13.0. The fourth-order valence-corrected chi connectivity index (χ4v) is 3.96. The highest BCUT2D eigenvalue weighted by atomic mass is 16.3. The van der Waals surface area contributed by atoms with E-state index >= 15 is 0 Å². The van der Waals surface area contributed by atoms with Crippen molar-refractivity contribution in [3.63, 3.8) is 0 Å². The molecule has 3 rings (SSSR count). The van der Waals surface area contributed by atoms with Crippen molar-refractivity contribution < 1.29 is 9.90 Å². The van der Waals surface area contributed by atoms with E-state index in [4.69, 9.17) is 0 Å². The topological polar surface area (TPSA) is 40.5 Å². The first-order chi connectivity index (χ1) is 12.0. The van der Waals surface area contributed by atoms with E-state index in [0.717, 1.165) is 36.9 Å². The fraction of sp³-hybridized carbons (Fsp3) is 0.409. The van der Waals surface area contributed by atoms with Crippen LogP contribution in [0, 0.1) is 19.3 Å². The van der Waals surface area contributed by atoms with Gasteiger partial charge in [0, 0.05) is 24.1 Å². The number of hydrogen-bond donors (Lipinski definition) is 1. The predicted octanol–water partition coefficient (Wildman–Crippen LogP) is 3.76. The Bertz CT molecular complexity index is 741. The fourth-order valence-electron chi connectivity index (χ4n) is 3.96. The predicted molar refractivity (Wildman–Crippen MR) is 101 cm³/mol. The van der Waals surface area contributed by atoms with Crippen LogP contribution in [-0.2, 0) is 6.42 Å². The van der Waals surface area contributed by atoms with Crippen molar-refractivity contribution in [2.75, 3.05) is 19.7 Å². The second-order valence-electron chi connectivity index (χ2n) is 7.47. The van der Waals surface area contributed by atoms with Crippen molar-refractivity contribution in [2.24, 2.45) is 5.41 Å². The third kappa shape index (κ3) is 3.93. The second kappa shape index (κ2) is 7.40. The zero-order chi connectivity index (χ0) is 17.9. The molecule has 1 saturated heterocycles. The van der Waals surface area contributed by atoms with Crippen LogP contribution in [0.2, 0.25) is 0 Å². The number of nitrogens with zero attached hydrogens (tertiary/aromatic N) is 1. The Morgan fingerprint density at radius 2 is 1.92 bits per heavy atom. The van der Waals surface area contributed by atoms with Gasteiger partial charge in [-0.05, 0) is 50.3 Å². The SMILES string of the molecule is Cc1ccc(C(=O)N2CCC[C@@](CO)(Cc3ccccc3)C2)c(C)c1. The van der Waals surface area contributed by atoms with Crippen molar-refractivity contribution >= 4 is 5.91 Å². The van der Waals surface area contributed by atoms with E-state index < -0.39 is 0 Å². The molecular formula is C22H27NO2. The first-order valence-electron chi connectivity index (χ1n) is 9.04. The Morgan fingerprint density at radius 3 is 2.60 bits per heavy atom. The molecule has 1 atom stereocenters. The molecular weight excluding hydrogens is 310 g/mol. The molecule has 0 aromatic heterocycles. The van der Waals surface area contributed by atoms with E-state index in [0.29, 0.717) is 6.54 Å². The lowest BCUT2D eigenvalue weighted by atomic mass is 9.75. The quantitative estimate of drug-likeness (QED) is 0.923. The zero-order valence-electron chi connectivity index (χ0n) is 15.2. The Hall–Kier alpha value is -2.13. The molecule has 1 aliphatic heterocycles. The monoisotopic (exact) mass is 337 g/mol. The van der Waals surface area contributed by atoms with Gasteiger partial charge in [-0.3, -0.25) is 4.79 Å². The first kappa shape index (κ1) is 17.7. The van der Waals surface area contributed by atoms with Crippen molar-refractivity contribution in [2.45, 2.75) is 33.1 Å². The second-order valence-corrected chi connectivity index (χ2v) is 7.47. The molecule has 2 aromatic carbocycles. The van der Waals surface area contributed by atoms with Crippen LogP contribution in [0.5, 0.6) is 0 Å². The molecule has 0 radical (unpaired) electrons. The van der Waals surface area contributed by atoms with Crippen LogP contribution >= 0.6 is 0 Å². The van der Waals surface area contributed by atoms with Gasteiger partial charge in [0.1, 0.15) is 0 Å². The molecule has 1 N–H and O–H groups in total. The van der Waals surface area contributed by atoms with Gasteiger partial charge < -0.3 is 10.0 Å². The van der Waals surface area contributed by atoms with E-state index in [2.05, 4.69) is 18.2 Å². The number of carbonyl (C=O) groups excluding carboxylic acids is 1. The van der Waals surface area contributed by atoms with E-state index in [1.807, 2.05) is 49.1 Å². The third-order valence-corrected chi connectivity index (χ3v) is 5.32. The summed E-state index contributed by atoms with van der Waals surface area (Å²) in [5, 5.41) is 10.1. The number of aliphatic hydroxyl groups excluding tert-OH is 1. The summed E-state index contributed by atoms with van der Waals surface area (Å²) in [6.45, 7) is 5.53. The maximum atomic E-state index is 13.0. The summed E-state index contributed by atoms with van der Waals surface area (Å²) in [7, 11) is 0. The summed E-state index contributed by atoms with van der Waals surface area (Å²) in [5.74, 6) is 0.0862. The molecule has 2 aromatic rings. The van der Waals surface area contributed by atoms with Gasteiger partial charge in [-0.25, -0.2) is 0 Å². The van der Waals surface area contributed by atoms with Gasteiger partial charge in [0.05, 0.1) is 6.61 Å². The minimum atomic E-state index is -0.242. The summed E-state index contributed by atoms with van der Waals surface area (Å²) in [4.78, 5) is 15.0. The Morgan fingerprint density at radius 1 is 1.16 bits per heavy atom.